The molecule has 128 valence electrons. The van der Waals surface area contributed by atoms with Gasteiger partial charge in [0.25, 0.3) is 5.91 Å². The van der Waals surface area contributed by atoms with Crippen LogP contribution in [0.5, 0.6) is 5.75 Å². The van der Waals surface area contributed by atoms with E-state index in [9.17, 15) is 9.59 Å². The Morgan fingerprint density at radius 1 is 1.40 bits per heavy atom. The van der Waals surface area contributed by atoms with Gasteiger partial charge in [-0.25, -0.2) is 9.78 Å². The van der Waals surface area contributed by atoms with E-state index in [4.69, 9.17) is 9.15 Å². The van der Waals surface area contributed by atoms with Gasteiger partial charge >= 0.3 is 5.63 Å². The maximum Gasteiger partial charge on any atom is 0.345 e. The first-order chi connectivity index (χ1) is 12.1. The predicted octanol–water partition coefficient (Wildman–Crippen LogP) is 2.88. The Morgan fingerprint density at radius 2 is 2.24 bits per heavy atom. The van der Waals surface area contributed by atoms with Gasteiger partial charge in [-0.2, -0.15) is 0 Å². The van der Waals surface area contributed by atoms with Crippen molar-refractivity contribution >= 4 is 28.2 Å². The maximum absolute atomic E-state index is 12.2. The van der Waals surface area contributed by atoms with Gasteiger partial charge in [0.2, 0.25) is 0 Å². The standard InChI is InChI=1S/C18H16N2O4S/c1-10-19-15(9-25-10)14-6-11-2-5-13(7-16(11)24-18(14)22)23-8-17(21)20-12-3-4-12/h2,5-7,9,12H,3-4,8H2,1H3,(H,20,21). The van der Waals surface area contributed by atoms with Crippen molar-refractivity contribution in [2.24, 2.45) is 0 Å². The Hall–Kier alpha value is -2.67. The minimum Gasteiger partial charge on any atom is -0.484 e. The number of nitrogens with zero attached hydrogens (tertiary/aromatic N) is 1. The molecule has 0 saturated heterocycles. The number of ether oxygens (including phenoxy) is 1. The Labute approximate surface area is 147 Å². The molecule has 1 N–H and O–H groups in total. The summed E-state index contributed by atoms with van der Waals surface area (Å²) in [6, 6.07) is 7.24. The summed E-state index contributed by atoms with van der Waals surface area (Å²) in [5.74, 6) is 0.345. The molecule has 0 bridgehead atoms. The van der Waals surface area contributed by atoms with E-state index >= 15 is 0 Å². The normalized spacial score (nSPS) is 13.8. The third-order valence-corrected chi connectivity index (χ3v) is 4.69. The van der Waals surface area contributed by atoms with Crippen molar-refractivity contribution in [2.75, 3.05) is 6.61 Å². The van der Waals surface area contributed by atoms with Crippen molar-refractivity contribution in [2.45, 2.75) is 25.8 Å². The SMILES string of the molecule is Cc1nc(-c2cc3ccc(OCC(=O)NC4CC4)cc3oc2=O)cs1. The van der Waals surface area contributed by atoms with Crippen molar-refractivity contribution < 1.29 is 13.9 Å². The van der Waals surface area contributed by atoms with Crippen LogP contribution < -0.4 is 15.7 Å². The van der Waals surface area contributed by atoms with Crippen LogP contribution in [0.25, 0.3) is 22.2 Å². The van der Waals surface area contributed by atoms with Crippen LogP contribution in [0.1, 0.15) is 17.8 Å². The van der Waals surface area contributed by atoms with E-state index in [1.165, 1.54) is 11.3 Å². The van der Waals surface area contributed by atoms with Crippen molar-refractivity contribution in [3.05, 3.63) is 45.1 Å². The number of thiazole rings is 1. The van der Waals surface area contributed by atoms with E-state index in [0.29, 0.717) is 28.6 Å². The Morgan fingerprint density at radius 3 is 2.96 bits per heavy atom. The summed E-state index contributed by atoms with van der Waals surface area (Å²) in [4.78, 5) is 28.2. The highest BCUT2D eigenvalue weighted by atomic mass is 32.1. The zero-order valence-corrected chi connectivity index (χ0v) is 14.4. The highest BCUT2D eigenvalue weighted by molar-refractivity contribution is 7.09. The predicted molar refractivity (Wildman–Crippen MR) is 95.0 cm³/mol. The van der Waals surface area contributed by atoms with E-state index in [1.807, 2.05) is 12.3 Å². The number of amides is 1. The second kappa shape index (κ2) is 6.33. The molecule has 0 radical (unpaired) electrons. The molecule has 1 aliphatic carbocycles. The first-order valence-corrected chi connectivity index (χ1v) is 8.89. The topological polar surface area (TPSA) is 81.4 Å². The molecule has 6 nitrogen and oxygen atoms in total. The van der Waals surface area contributed by atoms with Gasteiger partial charge in [-0.1, -0.05) is 0 Å². The van der Waals surface area contributed by atoms with Crippen molar-refractivity contribution in [3.8, 4) is 17.0 Å². The van der Waals surface area contributed by atoms with Crippen LogP contribution in [-0.4, -0.2) is 23.5 Å². The fourth-order valence-corrected chi connectivity index (χ4v) is 3.11. The molecule has 0 aliphatic heterocycles. The number of hydrogen-bond donors (Lipinski definition) is 1. The van der Waals surface area contributed by atoms with Crippen molar-refractivity contribution in [3.63, 3.8) is 0 Å². The number of aromatic nitrogens is 1. The van der Waals surface area contributed by atoms with Crippen LogP contribution >= 0.6 is 11.3 Å². The van der Waals surface area contributed by atoms with Gasteiger partial charge in [-0.3, -0.25) is 4.79 Å². The molecule has 1 saturated carbocycles. The molecule has 1 amide bonds. The monoisotopic (exact) mass is 356 g/mol. The first-order valence-electron chi connectivity index (χ1n) is 8.01. The average molecular weight is 356 g/mol. The molecule has 0 spiro atoms. The van der Waals surface area contributed by atoms with Crippen LogP contribution in [0.4, 0.5) is 0 Å². The molecule has 4 rings (SSSR count). The number of nitrogens with one attached hydrogen (secondary N) is 1. The van der Waals surface area contributed by atoms with Gasteiger partial charge < -0.3 is 14.5 Å². The lowest BCUT2D eigenvalue weighted by atomic mass is 10.1. The lowest BCUT2D eigenvalue weighted by Crippen LogP contribution is -2.30. The fourth-order valence-electron chi connectivity index (χ4n) is 2.49. The minimum absolute atomic E-state index is 0.0532. The minimum atomic E-state index is -0.443. The van der Waals surface area contributed by atoms with E-state index < -0.39 is 5.63 Å². The zero-order valence-electron chi connectivity index (χ0n) is 13.6. The molecular formula is C18H16N2O4S. The summed E-state index contributed by atoms with van der Waals surface area (Å²) in [6.07, 6.45) is 2.07. The summed E-state index contributed by atoms with van der Waals surface area (Å²) in [5.41, 5.74) is 1.03. The molecular weight excluding hydrogens is 340 g/mol. The number of fused-ring (bicyclic) bond motifs is 1. The van der Waals surface area contributed by atoms with Crippen LogP contribution in [-0.2, 0) is 4.79 Å². The van der Waals surface area contributed by atoms with Crippen molar-refractivity contribution in [1.29, 1.82) is 0 Å². The quantitative estimate of drug-likeness (QED) is 0.711. The summed E-state index contributed by atoms with van der Waals surface area (Å²) in [5, 5.41) is 6.36. The summed E-state index contributed by atoms with van der Waals surface area (Å²) >= 11 is 1.48. The number of benzene rings is 1. The first kappa shape index (κ1) is 15.8. The number of carbonyl (C=O) groups excluding carboxylic acids is 1. The second-order valence-corrected chi connectivity index (χ2v) is 7.09. The molecule has 3 aromatic rings. The molecule has 1 aliphatic rings. The lowest BCUT2D eigenvalue weighted by molar-refractivity contribution is -0.123. The third-order valence-electron chi connectivity index (χ3n) is 3.91. The molecule has 7 heteroatoms. The van der Waals surface area contributed by atoms with Gasteiger partial charge in [0, 0.05) is 22.9 Å². The number of carbonyl (C=O) groups is 1. The summed E-state index contributed by atoms with van der Waals surface area (Å²) in [7, 11) is 0. The van der Waals surface area contributed by atoms with Gasteiger partial charge in [0.15, 0.2) is 6.61 Å². The largest absolute Gasteiger partial charge is 0.484 e. The fraction of sp³-hybridized carbons (Fsp3) is 0.278. The molecule has 2 heterocycles. The molecule has 1 aromatic carbocycles. The number of aryl methyl sites for hydroxylation is 1. The third kappa shape index (κ3) is 3.56. The Balaban J connectivity index is 1.56. The van der Waals surface area contributed by atoms with Crippen LogP contribution in [0.3, 0.4) is 0 Å². The molecule has 2 aromatic heterocycles. The second-order valence-electron chi connectivity index (χ2n) is 6.03. The van der Waals surface area contributed by atoms with Crippen LogP contribution in [0.15, 0.2) is 38.9 Å². The van der Waals surface area contributed by atoms with E-state index in [-0.39, 0.29) is 12.5 Å². The van der Waals surface area contributed by atoms with Gasteiger partial charge in [0.05, 0.1) is 16.3 Å². The van der Waals surface area contributed by atoms with Crippen LogP contribution in [0.2, 0.25) is 0 Å². The Bertz CT molecular complexity index is 1000. The zero-order chi connectivity index (χ0) is 17.4. The molecule has 25 heavy (non-hydrogen) atoms. The van der Waals surface area contributed by atoms with Gasteiger partial charge in [-0.15, -0.1) is 11.3 Å². The van der Waals surface area contributed by atoms with E-state index in [1.54, 1.807) is 24.3 Å². The summed E-state index contributed by atoms with van der Waals surface area (Å²) in [6.45, 7) is 1.84. The number of hydrogen-bond acceptors (Lipinski definition) is 6. The maximum atomic E-state index is 12.2. The highest BCUT2D eigenvalue weighted by Crippen LogP contribution is 2.25. The molecule has 1 fully saturated rings. The van der Waals surface area contributed by atoms with E-state index in [0.717, 1.165) is 23.2 Å². The van der Waals surface area contributed by atoms with Crippen molar-refractivity contribution in [1.82, 2.24) is 10.3 Å². The molecule has 0 atom stereocenters. The average Bonchev–Trinajstić information content (AvgIpc) is 3.30. The highest BCUT2D eigenvalue weighted by Gasteiger charge is 2.23. The summed E-state index contributed by atoms with van der Waals surface area (Å²) < 4.78 is 10.9. The van der Waals surface area contributed by atoms with Crippen LogP contribution in [0, 0.1) is 6.92 Å². The Kier molecular flexibility index (Phi) is 4.01. The molecule has 0 unspecified atom stereocenters. The van der Waals surface area contributed by atoms with Gasteiger partial charge in [-0.05, 0) is 38.0 Å². The number of rotatable bonds is 5. The smallest absolute Gasteiger partial charge is 0.345 e. The van der Waals surface area contributed by atoms with Gasteiger partial charge in [0.1, 0.15) is 11.3 Å². The van der Waals surface area contributed by atoms with E-state index in [2.05, 4.69) is 10.3 Å². The lowest BCUT2D eigenvalue weighted by Gasteiger charge is -2.07.